The molecule has 4 rings (SSSR count). The maximum Gasteiger partial charge on any atom is 0.186 e. The zero-order valence-electron chi connectivity index (χ0n) is 10.9. The minimum Gasteiger partial charge on any atom is -0.380 e. The summed E-state index contributed by atoms with van der Waals surface area (Å²) in [7, 11) is 0. The van der Waals surface area contributed by atoms with E-state index in [0.29, 0.717) is 5.82 Å². The van der Waals surface area contributed by atoms with Gasteiger partial charge in [-0.2, -0.15) is 0 Å². The number of nitrogen functional groups attached to an aromatic ring is 1. The van der Waals surface area contributed by atoms with E-state index in [-0.39, 0.29) is 0 Å². The van der Waals surface area contributed by atoms with E-state index in [9.17, 15) is 0 Å². The van der Waals surface area contributed by atoms with E-state index in [1.165, 1.54) is 29.7 Å². The van der Waals surface area contributed by atoms with E-state index in [1.807, 2.05) is 41.7 Å². The van der Waals surface area contributed by atoms with Gasteiger partial charge in [0.25, 0.3) is 0 Å². The molecule has 0 saturated carbocycles. The molecular weight excluding hydrogens is 268 g/mol. The van der Waals surface area contributed by atoms with Crippen molar-refractivity contribution in [3.05, 3.63) is 46.8 Å². The summed E-state index contributed by atoms with van der Waals surface area (Å²) < 4.78 is 5.51. The third-order valence-corrected chi connectivity index (χ3v) is 4.99. The average molecular weight is 282 g/mol. The third-order valence-electron chi connectivity index (χ3n) is 3.75. The van der Waals surface area contributed by atoms with Gasteiger partial charge in [0.2, 0.25) is 0 Å². The Balaban J connectivity index is 1.87. The molecule has 0 bridgehead atoms. The van der Waals surface area contributed by atoms with Gasteiger partial charge in [-0.25, -0.2) is 0 Å². The van der Waals surface area contributed by atoms with E-state index in [2.05, 4.69) is 11.2 Å². The molecule has 2 heterocycles. The smallest absolute Gasteiger partial charge is 0.186 e. The predicted octanol–water partition coefficient (Wildman–Crippen LogP) is 4.14. The van der Waals surface area contributed by atoms with E-state index in [1.54, 1.807) is 0 Å². The van der Waals surface area contributed by atoms with Crippen LogP contribution in [0.3, 0.4) is 0 Å². The standard InChI is InChI=1S/C16H14N2OS/c17-16-14(10-5-2-1-3-6-10)15(19-18-16)13-9-11-7-4-8-12(11)20-13/h1-3,5-6,9H,4,7-8H2,(H2,17,18). The second-order valence-electron chi connectivity index (χ2n) is 5.05. The second-order valence-corrected chi connectivity index (χ2v) is 6.19. The molecule has 0 fully saturated rings. The maximum atomic E-state index is 6.00. The average Bonchev–Trinajstić information content (AvgIpc) is 3.12. The number of aryl methyl sites for hydroxylation is 2. The van der Waals surface area contributed by atoms with Crippen molar-refractivity contribution in [2.75, 3.05) is 5.73 Å². The van der Waals surface area contributed by atoms with Crippen molar-refractivity contribution in [3.63, 3.8) is 0 Å². The molecule has 0 atom stereocenters. The lowest BCUT2D eigenvalue weighted by atomic mass is 10.0. The lowest BCUT2D eigenvalue weighted by Gasteiger charge is -2.00. The van der Waals surface area contributed by atoms with Gasteiger partial charge in [-0.1, -0.05) is 35.5 Å². The van der Waals surface area contributed by atoms with Crippen LogP contribution in [0, 0.1) is 0 Å². The van der Waals surface area contributed by atoms with Crippen LogP contribution in [0.2, 0.25) is 0 Å². The van der Waals surface area contributed by atoms with E-state index in [0.717, 1.165) is 21.8 Å². The van der Waals surface area contributed by atoms with Crippen LogP contribution in [0.1, 0.15) is 16.9 Å². The molecule has 100 valence electrons. The number of benzene rings is 1. The van der Waals surface area contributed by atoms with Crippen LogP contribution in [0.25, 0.3) is 21.8 Å². The Morgan fingerprint density at radius 3 is 2.80 bits per heavy atom. The molecular formula is C16H14N2OS. The topological polar surface area (TPSA) is 52.0 Å². The molecule has 20 heavy (non-hydrogen) atoms. The van der Waals surface area contributed by atoms with Crippen molar-refractivity contribution in [1.29, 1.82) is 0 Å². The van der Waals surface area contributed by atoms with Gasteiger partial charge in [0.05, 0.1) is 10.4 Å². The summed E-state index contributed by atoms with van der Waals surface area (Å²) in [4.78, 5) is 2.62. The van der Waals surface area contributed by atoms with Gasteiger partial charge in [-0.3, -0.25) is 0 Å². The lowest BCUT2D eigenvalue weighted by Crippen LogP contribution is -1.88. The number of aromatic nitrogens is 1. The minimum absolute atomic E-state index is 0.458. The molecule has 0 amide bonds. The predicted molar refractivity (Wildman–Crippen MR) is 81.7 cm³/mol. The van der Waals surface area contributed by atoms with Gasteiger partial charge >= 0.3 is 0 Å². The van der Waals surface area contributed by atoms with Crippen LogP contribution in [-0.4, -0.2) is 5.16 Å². The molecule has 1 aromatic carbocycles. The maximum absolute atomic E-state index is 6.00. The van der Waals surface area contributed by atoms with Crippen LogP contribution >= 0.6 is 11.3 Å². The summed E-state index contributed by atoms with van der Waals surface area (Å²) in [5.74, 6) is 1.26. The second kappa shape index (κ2) is 4.49. The van der Waals surface area contributed by atoms with Crippen molar-refractivity contribution in [2.45, 2.75) is 19.3 Å². The Morgan fingerprint density at radius 1 is 1.15 bits per heavy atom. The number of hydrogen-bond donors (Lipinski definition) is 1. The summed E-state index contributed by atoms with van der Waals surface area (Å²) >= 11 is 1.81. The largest absolute Gasteiger partial charge is 0.380 e. The molecule has 0 unspecified atom stereocenters. The van der Waals surface area contributed by atoms with Crippen LogP contribution < -0.4 is 5.73 Å². The van der Waals surface area contributed by atoms with Gasteiger partial charge in [0.15, 0.2) is 11.6 Å². The molecule has 3 nitrogen and oxygen atoms in total. The number of fused-ring (bicyclic) bond motifs is 1. The quantitative estimate of drug-likeness (QED) is 0.768. The fraction of sp³-hybridized carbons (Fsp3) is 0.188. The molecule has 2 aromatic heterocycles. The van der Waals surface area contributed by atoms with Gasteiger partial charge in [-0.05, 0) is 36.5 Å². The van der Waals surface area contributed by atoms with Crippen molar-refractivity contribution in [3.8, 4) is 21.8 Å². The van der Waals surface area contributed by atoms with Crippen molar-refractivity contribution in [1.82, 2.24) is 5.16 Å². The Bertz CT molecular complexity index is 737. The first-order valence-electron chi connectivity index (χ1n) is 6.75. The summed E-state index contributed by atoms with van der Waals surface area (Å²) in [6.07, 6.45) is 3.63. The molecule has 0 radical (unpaired) electrons. The van der Waals surface area contributed by atoms with Gasteiger partial charge < -0.3 is 10.3 Å². The number of nitrogens with two attached hydrogens (primary N) is 1. The first-order chi connectivity index (χ1) is 9.83. The van der Waals surface area contributed by atoms with E-state index >= 15 is 0 Å². The fourth-order valence-corrected chi connectivity index (χ4v) is 4.03. The highest BCUT2D eigenvalue weighted by Crippen LogP contribution is 2.42. The van der Waals surface area contributed by atoms with E-state index in [4.69, 9.17) is 10.3 Å². The summed E-state index contributed by atoms with van der Waals surface area (Å²) in [6, 6.07) is 12.3. The molecule has 1 aliphatic carbocycles. The first kappa shape index (κ1) is 11.7. The molecule has 0 aliphatic heterocycles. The highest BCUT2D eigenvalue weighted by atomic mass is 32.1. The minimum atomic E-state index is 0.458. The van der Waals surface area contributed by atoms with Crippen LogP contribution in [0.4, 0.5) is 5.82 Å². The highest BCUT2D eigenvalue weighted by molar-refractivity contribution is 7.15. The lowest BCUT2D eigenvalue weighted by molar-refractivity contribution is 0.437. The molecule has 4 heteroatoms. The monoisotopic (exact) mass is 282 g/mol. The summed E-state index contributed by atoms with van der Waals surface area (Å²) in [5.41, 5.74) is 9.42. The Kier molecular flexibility index (Phi) is 2.63. The van der Waals surface area contributed by atoms with Gasteiger partial charge in [0.1, 0.15) is 0 Å². The zero-order chi connectivity index (χ0) is 13.5. The number of rotatable bonds is 2. The fourth-order valence-electron chi connectivity index (χ4n) is 2.80. The Labute approximate surface area is 121 Å². The molecule has 1 aliphatic rings. The van der Waals surface area contributed by atoms with Crippen LogP contribution in [0.5, 0.6) is 0 Å². The van der Waals surface area contributed by atoms with Gasteiger partial charge in [0, 0.05) is 4.88 Å². The number of hydrogen-bond acceptors (Lipinski definition) is 4. The SMILES string of the molecule is Nc1noc(-c2cc3c(s2)CCC3)c1-c1ccccc1. The van der Waals surface area contributed by atoms with Crippen molar-refractivity contribution < 1.29 is 4.52 Å². The molecule has 3 aromatic rings. The third kappa shape index (κ3) is 1.76. The van der Waals surface area contributed by atoms with Crippen LogP contribution in [-0.2, 0) is 12.8 Å². The van der Waals surface area contributed by atoms with E-state index < -0.39 is 0 Å². The van der Waals surface area contributed by atoms with Crippen molar-refractivity contribution >= 4 is 17.2 Å². The van der Waals surface area contributed by atoms with Crippen molar-refractivity contribution in [2.24, 2.45) is 0 Å². The number of nitrogens with zero attached hydrogens (tertiary/aromatic N) is 1. The first-order valence-corrected chi connectivity index (χ1v) is 7.57. The number of anilines is 1. The normalized spacial score (nSPS) is 13.6. The zero-order valence-corrected chi connectivity index (χ0v) is 11.7. The number of thiophene rings is 1. The molecule has 0 spiro atoms. The Morgan fingerprint density at radius 2 is 2.00 bits per heavy atom. The summed E-state index contributed by atoms with van der Waals surface area (Å²) in [5, 5.41) is 3.96. The summed E-state index contributed by atoms with van der Waals surface area (Å²) in [6.45, 7) is 0. The molecule has 2 N–H and O–H groups in total. The van der Waals surface area contributed by atoms with Crippen LogP contribution in [0.15, 0.2) is 40.9 Å². The Hall–Kier alpha value is -2.07. The molecule has 0 saturated heterocycles. The van der Waals surface area contributed by atoms with Gasteiger partial charge in [-0.15, -0.1) is 11.3 Å². The highest BCUT2D eigenvalue weighted by Gasteiger charge is 2.22.